The molecule has 1 aromatic carbocycles. The molecule has 1 rings (SSSR count). The predicted octanol–water partition coefficient (Wildman–Crippen LogP) is 2.73. The maximum atomic E-state index is 5.53. The zero-order valence-electron chi connectivity index (χ0n) is 9.69. The Bertz CT molecular complexity index is 335. The molecule has 88 valence electrons. The molecule has 1 unspecified atom stereocenters. The number of thioether (sulfide) groups is 1. The highest BCUT2D eigenvalue weighted by atomic mass is 32.2. The first kappa shape index (κ1) is 13.3. The third kappa shape index (κ3) is 4.41. The van der Waals surface area contributed by atoms with Crippen LogP contribution in [0.2, 0.25) is 0 Å². The van der Waals surface area contributed by atoms with Crippen molar-refractivity contribution in [3.63, 3.8) is 0 Å². The SMILES string of the molecule is CSCC(C)CNc1ccc(C(N)=S)cc1. The van der Waals surface area contributed by atoms with Crippen molar-refractivity contribution in [1.82, 2.24) is 0 Å². The highest BCUT2D eigenvalue weighted by Gasteiger charge is 2.01. The zero-order valence-corrected chi connectivity index (χ0v) is 11.3. The summed E-state index contributed by atoms with van der Waals surface area (Å²) in [7, 11) is 0. The molecule has 1 atom stereocenters. The first-order valence-electron chi connectivity index (χ1n) is 5.26. The van der Waals surface area contributed by atoms with E-state index in [1.807, 2.05) is 36.0 Å². The maximum Gasteiger partial charge on any atom is 0.103 e. The van der Waals surface area contributed by atoms with Gasteiger partial charge in [-0.05, 0) is 42.2 Å². The van der Waals surface area contributed by atoms with Crippen molar-refractivity contribution in [2.75, 3.05) is 23.9 Å². The monoisotopic (exact) mass is 254 g/mol. The van der Waals surface area contributed by atoms with Crippen LogP contribution in [0.1, 0.15) is 12.5 Å². The summed E-state index contributed by atoms with van der Waals surface area (Å²) in [5.41, 5.74) is 7.57. The molecular formula is C12H18N2S2. The van der Waals surface area contributed by atoms with Gasteiger partial charge in [0.05, 0.1) is 0 Å². The summed E-state index contributed by atoms with van der Waals surface area (Å²) >= 11 is 6.78. The van der Waals surface area contributed by atoms with Gasteiger partial charge in [-0.1, -0.05) is 19.1 Å². The van der Waals surface area contributed by atoms with Gasteiger partial charge >= 0.3 is 0 Å². The lowest BCUT2D eigenvalue weighted by atomic mass is 10.2. The van der Waals surface area contributed by atoms with Crippen LogP contribution < -0.4 is 11.1 Å². The molecule has 0 fully saturated rings. The average molecular weight is 254 g/mol. The number of hydrogen-bond donors (Lipinski definition) is 2. The van der Waals surface area contributed by atoms with Crippen molar-refractivity contribution in [3.05, 3.63) is 29.8 Å². The number of nitrogens with one attached hydrogen (secondary N) is 1. The Morgan fingerprint density at radius 2 is 2.06 bits per heavy atom. The molecule has 0 aliphatic carbocycles. The van der Waals surface area contributed by atoms with E-state index >= 15 is 0 Å². The number of benzene rings is 1. The van der Waals surface area contributed by atoms with Crippen molar-refractivity contribution in [1.29, 1.82) is 0 Å². The van der Waals surface area contributed by atoms with Crippen molar-refractivity contribution in [3.8, 4) is 0 Å². The Morgan fingerprint density at radius 3 is 2.56 bits per heavy atom. The number of nitrogens with two attached hydrogens (primary N) is 1. The molecule has 0 heterocycles. The molecule has 16 heavy (non-hydrogen) atoms. The van der Waals surface area contributed by atoms with E-state index in [4.69, 9.17) is 18.0 Å². The van der Waals surface area contributed by atoms with E-state index in [9.17, 15) is 0 Å². The summed E-state index contributed by atoms with van der Waals surface area (Å²) in [6.07, 6.45) is 2.13. The molecule has 0 spiro atoms. The van der Waals surface area contributed by atoms with E-state index in [1.165, 1.54) is 5.75 Å². The number of anilines is 1. The Morgan fingerprint density at radius 1 is 1.44 bits per heavy atom. The second kappa shape index (κ2) is 6.76. The number of hydrogen-bond acceptors (Lipinski definition) is 3. The highest BCUT2D eigenvalue weighted by Crippen LogP contribution is 2.11. The van der Waals surface area contributed by atoms with Crippen LogP contribution in [0.25, 0.3) is 0 Å². The van der Waals surface area contributed by atoms with Crippen LogP contribution in [0.5, 0.6) is 0 Å². The first-order valence-corrected chi connectivity index (χ1v) is 7.06. The zero-order chi connectivity index (χ0) is 12.0. The van der Waals surface area contributed by atoms with Gasteiger partial charge in [-0.25, -0.2) is 0 Å². The van der Waals surface area contributed by atoms with Gasteiger partial charge in [-0.15, -0.1) is 0 Å². The lowest BCUT2D eigenvalue weighted by molar-refractivity contribution is 0.701. The van der Waals surface area contributed by atoms with E-state index in [1.54, 1.807) is 0 Å². The Hall–Kier alpha value is -0.740. The van der Waals surface area contributed by atoms with Gasteiger partial charge in [-0.2, -0.15) is 11.8 Å². The van der Waals surface area contributed by atoms with E-state index in [0.717, 1.165) is 17.8 Å². The van der Waals surface area contributed by atoms with Crippen LogP contribution >= 0.6 is 24.0 Å². The standard InChI is InChI=1S/C12H18N2S2/c1-9(8-16-2)7-14-11-5-3-10(4-6-11)12(13)15/h3-6,9,14H,7-8H2,1-2H3,(H2,13,15). The molecule has 0 aliphatic heterocycles. The summed E-state index contributed by atoms with van der Waals surface area (Å²) in [5.74, 6) is 1.85. The molecule has 2 nitrogen and oxygen atoms in total. The third-order valence-corrected chi connectivity index (χ3v) is 3.41. The molecule has 0 aliphatic rings. The fourth-order valence-corrected chi connectivity index (χ4v) is 2.21. The van der Waals surface area contributed by atoms with Crippen LogP contribution in [0.15, 0.2) is 24.3 Å². The van der Waals surface area contributed by atoms with Gasteiger partial charge in [0, 0.05) is 17.8 Å². The fraction of sp³-hybridized carbons (Fsp3) is 0.417. The number of thiocarbonyl (C=S) groups is 1. The Balaban J connectivity index is 2.46. The van der Waals surface area contributed by atoms with Gasteiger partial charge in [0.25, 0.3) is 0 Å². The van der Waals surface area contributed by atoms with Crippen LogP contribution in [0.4, 0.5) is 5.69 Å². The lowest BCUT2D eigenvalue weighted by Gasteiger charge is -2.12. The molecule has 0 aromatic heterocycles. The minimum atomic E-state index is 0.447. The second-order valence-corrected chi connectivity index (χ2v) is 5.23. The topological polar surface area (TPSA) is 38.0 Å². The molecule has 4 heteroatoms. The molecule has 0 radical (unpaired) electrons. The molecule has 0 amide bonds. The summed E-state index contributed by atoms with van der Waals surface area (Å²) < 4.78 is 0. The largest absolute Gasteiger partial charge is 0.389 e. The average Bonchev–Trinajstić information content (AvgIpc) is 2.27. The summed E-state index contributed by atoms with van der Waals surface area (Å²) in [4.78, 5) is 0.447. The lowest BCUT2D eigenvalue weighted by Crippen LogP contribution is -2.13. The first-order chi connectivity index (χ1) is 7.63. The van der Waals surface area contributed by atoms with Crippen LogP contribution in [-0.2, 0) is 0 Å². The molecule has 0 saturated heterocycles. The van der Waals surface area contributed by atoms with Crippen LogP contribution in [-0.4, -0.2) is 23.5 Å². The normalized spacial score (nSPS) is 12.1. The van der Waals surface area contributed by atoms with Crippen molar-refractivity contribution in [2.24, 2.45) is 11.7 Å². The minimum Gasteiger partial charge on any atom is -0.389 e. The van der Waals surface area contributed by atoms with Crippen molar-refractivity contribution < 1.29 is 0 Å². The summed E-state index contributed by atoms with van der Waals surface area (Å²) in [6.45, 7) is 3.24. The predicted molar refractivity (Wildman–Crippen MR) is 78.4 cm³/mol. The molecule has 3 N–H and O–H groups in total. The minimum absolute atomic E-state index is 0.447. The van der Waals surface area contributed by atoms with Gasteiger partial charge in [0.15, 0.2) is 0 Å². The van der Waals surface area contributed by atoms with E-state index in [2.05, 4.69) is 18.5 Å². The van der Waals surface area contributed by atoms with Gasteiger partial charge in [-0.3, -0.25) is 0 Å². The smallest absolute Gasteiger partial charge is 0.103 e. The Labute approximate surface area is 107 Å². The molecule has 0 bridgehead atoms. The van der Waals surface area contributed by atoms with E-state index < -0.39 is 0 Å². The Kier molecular flexibility index (Phi) is 5.63. The summed E-state index contributed by atoms with van der Waals surface area (Å²) in [6, 6.07) is 7.93. The fourth-order valence-electron chi connectivity index (χ4n) is 1.39. The highest BCUT2D eigenvalue weighted by molar-refractivity contribution is 7.98. The summed E-state index contributed by atoms with van der Waals surface area (Å²) in [5, 5.41) is 3.40. The third-order valence-electron chi connectivity index (χ3n) is 2.28. The van der Waals surface area contributed by atoms with Crippen LogP contribution in [0.3, 0.4) is 0 Å². The van der Waals surface area contributed by atoms with E-state index in [0.29, 0.717) is 10.9 Å². The van der Waals surface area contributed by atoms with E-state index in [-0.39, 0.29) is 0 Å². The molecule has 1 aromatic rings. The van der Waals surface area contributed by atoms with Gasteiger partial charge < -0.3 is 11.1 Å². The maximum absolute atomic E-state index is 5.53. The van der Waals surface area contributed by atoms with Gasteiger partial charge in [0.2, 0.25) is 0 Å². The van der Waals surface area contributed by atoms with Gasteiger partial charge in [0.1, 0.15) is 4.99 Å². The van der Waals surface area contributed by atoms with Crippen LogP contribution in [0, 0.1) is 5.92 Å². The number of rotatable bonds is 6. The quantitative estimate of drug-likeness (QED) is 0.766. The molecular weight excluding hydrogens is 236 g/mol. The van der Waals surface area contributed by atoms with Crippen molar-refractivity contribution in [2.45, 2.75) is 6.92 Å². The second-order valence-electron chi connectivity index (χ2n) is 3.88. The molecule has 0 saturated carbocycles. The van der Waals surface area contributed by atoms with Crippen molar-refractivity contribution >= 4 is 34.7 Å².